The van der Waals surface area contributed by atoms with E-state index in [0.29, 0.717) is 24.0 Å². The lowest BCUT2D eigenvalue weighted by atomic mass is 9.85. The van der Waals surface area contributed by atoms with Crippen LogP contribution in [0.4, 0.5) is 10.5 Å². The molecule has 1 atom stereocenters. The Morgan fingerprint density at radius 2 is 1.87 bits per heavy atom. The molecule has 3 aromatic rings. The highest BCUT2D eigenvalue weighted by Gasteiger charge is 2.21. The summed E-state index contributed by atoms with van der Waals surface area (Å²) in [7, 11) is 0. The maximum atomic E-state index is 12.1. The van der Waals surface area contributed by atoms with Crippen LogP contribution in [0.3, 0.4) is 0 Å². The van der Waals surface area contributed by atoms with Gasteiger partial charge in [-0.3, -0.25) is 4.90 Å². The Balaban J connectivity index is 1.46. The monoisotopic (exact) mass is 420 g/mol. The number of nitrogens with zero attached hydrogens (tertiary/aromatic N) is 1. The Kier molecular flexibility index (Phi) is 6.92. The van der Waals surface area contributed by atoms with Gasteiger partial charge in [0.2, 0.25) is 0 Å². The average molecular weight is 421 g/mol. The van der Waals surface area contributed by atoms with Crippen molar-refractivity contribution in [1.82, 2.24) is 5.32 Å². The molecule has 5 nitrogen and oxygen atoms in total. The molecule has 1 aliphatic carbocycles. The summed E-state index contributed by atoms with van der Waals surface area (Å²) in [5.74, 6) is 1.45. The lowest BCUT2D eigenvalue weighted by Crippen LogP contribution is -2.32. The van der Waals surface area contributed by atoms with Crippen LogP contribution in [0.15, 0.2) is 59.0 Å². The molecule has 5 heteroatoms. The molecule has 1 heterocycles. The van der Waals surface area contributed by atoms with Gasteiger partial charge in [-0.1, -0.05) is 68.5 Å². The SMILES string of the molecule is CC(CC1CCCCC1)NCc1ccccc1N(Cc1cc2ccccc2o1)C(=O)O. The highest BCUT2D eigenvalue weighted by Crippen LogP contribution is 2.28. The predicted octanol–water partition coefficient (Wildman–Crippen LogP) is 6.57. The lowest BCUT2D eigenvalue weighted by Gasteiger charge is -2.26. The molecular formula is C26H32N2O3. The van der Waals surface area contributed by atoms with Gasteiger partial charge < -0.3 is 14.8 Å². The Bertz CT molecular complexity index is 974. The quantitative estimate of drug-likeness (QED) is 0.433. The number of hydrogen-bond acceptors (Lipinski definition) is 3. The number of anilines is 1. The van der Waals surface area contributed by atoms with Gasteiger partial charge in [0.05, 0.1) is 12.2 Å². The number of amides is 1. The second-order valence-corrected chi connectivity index (χ2v) is 8.77. The van der Waals surface area contributed by atoms with Crippen molar-refractivity contribution in [3.05, 3.63) is 65.9 Å². The predicted molar refractivity (Wildman–Crippen MR) is 124 cm³/mol. The van der Waals surface area contributed by atoms with E-state index < -0.39 is 6.09 Å². The first-order valence-electron chi connectivity index (χ1n) is 11.4. The molecule has 31 heavy (non-hydrogen) atoms. The summed E-state index contributed by atoms with van der Waals surface area (Å²) in [5, 5.41) is 14.5. The summed E-state index contributed by atoms with van der Waals surface area (Å²) >= 11 is 0. The Morgan fingerprint density at radius 3 is 2.65 bits per heavy atom. The van der Waals surface area contributed by atoms with Crippen LogP contribution in [0.2, 0.25) is 0 Å². The molecule has 2 aromatic carbocycles. The maximum Gasteiger partial charge on any atom is 0.412 e. The van der Waals surface area contributed by atoms with E-state index in [4.69, 9.17) is 4.42 Å². The van der Waals surface area contributed by atoms with Crippen LogP contribution in [0, 0.1) is 5.92 Å². The van der Waals surface area contributed by atoms with Crippen LogP contribution in [-0.2, 0) is 13.1 Å². The van der Waals surface area contributed by atoms with Crippen LogP contribution in [-0.4, -0.2) is 17.2 Å². The van der Waals surface area contributed by atoms with Crippen molar-refractivity contribution in [1.29, 1.82) is 0 Å². The van der Waals surface area contributed by atoms with Gasteiger partial charge in [0.25, 0.3) is 0 Å². The molecule has 0 bridgehead atoms. The van der Waals surface area contributed by atoms with Crippen molar-refractivity contribution in [2.45, 2.75) is 64.6 Å². The van der Waals surface area contributed by atoms with E-state index in [2.05, 4.69) is 12.2 Å². The normalized spacial score (nSPS) is 15.8. The fourth-order valence-corrected chi connectivity index (χ4v) is 4.74. The number of nitrogens with one attached hydrogen (secondary N) is 1. The number of para-hydroxylation sites is 2. The van der Waals surface area contributed by atoms with Gasteiger partial charge in [-0.15, -0.1) is 0 Å². The molecule has 1 fully saturated rings. The highest BCUT2D eigenvalue weighted by atomic mass is 16.4. The van der Waals surface area contributed by atoms with Gasteiger partial charge >= 0.3 is 6.09 Å². The summed E-state index contributed by atoms with van der Waals surface area (Å²) in [6.45, 7) is 3.06. The number of hydrogen-bond donors (Lipinski definition) is 2. The van der Waals surface area contributed by atoms with Crippen LogP contribution < -0.4 is 10.2 Å². The van der Waals surface area contributed by atoms with E-state index in [0.717, 1.165) is 22.5 Å². The number of carbonyl (C=O) groups is 1. The third-order valence-corrected chi connectivity index (χ3v) is 6.36. The fraction of sp³-hybridized carbons (Fsp3) is 0.423. The Morgan fingerprint density at radius 1 is 1.13 bits per heavy atom. The molecule has 1 saturated carbocycles. The fourth-order valence-electron chi connectivity index (χ4n) is 4.74. The van der Waals surface area contributed by atoms with E-state index in [1.807, 2.05) is 54.6 Å². The number of fused-ring (bicyclic) bond motifs is 1. The van der Waals surface area contributed by atoms with Crippen LogP contribution >= 0.6 is 0 Å². The molecule has 0 aliphatic heterocycles. The smallest absolute Gasteiger partial charge is 0.412 e. The number of furan rings is 1. The summed E-state index contributed by atoms with van der Waals surface area (Å²) in [5.41, 5.74) is 2.46. The second kappa shape index (κ2) is 10.0. The van der Waals surface area contributed by atoms with E-state index in [9.17, 15) is 9.90 Å². The summed E-state index contributed by atoms with van der Waals surface area (Å²) in [6, 6.07) is 17.8. The first kappa shape index (κ1) is 21.4. The molecule has 0 radical (unpaired) electrons. The van der Waals surface area contributed by atoms with Gasteiger partial charge in [-0.25, -0.2) is 4.79 Å². The second-order valence-electron chi connectivity index (χ2n) is 8.77. The molecule has 1 aliphatic rings. The number of rotatable bonds is 8. The average Bonchev–Trinajstić information content (AvgIpc) is 3.19. The first-order valence-corrected chi connectivity index (χ1v) is 11.4. The van der Waals surface area contributed by atoms with Crippen molar-refractivity contribution >= 4 is 22.7 Å². The lowest BCUT2D eigenvalue weighted by molar-refractivity contribution is 0.200. The van der Waals surface area contributed by atoms with E-state index in [1.165, 1.54) is 43.4 Å². The van der Waals surface area contributed by atoms with Crippen molar-refractivity contribution < 1.29 is 14.3 Å². The third kappa shape index (κ3) is 5.47. The molecule has 0 spiro atoms. The van der Waals surface area contributed by atoms with Crippen molar-refractivity contribution in [2.75, 3.05) is 4.90 Å². The van der Waals surface area contributed by atoms with Crippen LogP contribution in [0.25, 0.3) is 11.0 Å². The van der Waals surface area contributed by atoms with Crippen molar-refractivity contribution in [2.24, 2.45) is 5.92 Å². The van der Waals surface area contributed by atoms with Crippen molar-refractivity contribution in [3.63, 3.8) is 0 Å². The zero-order chi connectivity index (χ0) is 21.6. The molecule has 4 rings (SSSR count). The largest absolute Gasteiger partial charge is 0.465 e. The summed E-state index contributed by atoms with van der Waals surface area (Å²) in [6.07, 6.45) is 6.97. The van der Waals surface area contributed by atoms with Gasteiger partial charge in [-0.05, 0) is 43.0 Å². The molecule has 1 unspecified atom stereocenters. The summed E-state index contributed by atoms with van der Waals surface area (Å²) in [4.78, 5) is 13.5. The minimum Gasteiger partial charge on any atom is -0.465 e. The minimum atomic E-state index is -0.983. The molecule has 0 saturated heterocycles. The van der Waals surface area contributed by atoms with Gasteiger partial charge in [0.1, 0.15) is 11.3 Å². The number of carboxylic acid groups (broad SMARTS) is 1. The third-order valence-electron chi connectivity index (χ3n) is 6.36. The first-order chi connectivity index (χ1) is 15.1. The molecule has 1 amide bonds. The standard InChI is InChI=1S/C26H32N2O3/c1-19(15-20-9-3-2-4-10-20)27-17-22-12-5-7-13-24(22)28(26(29)30)18-23-16-21-11-6-8-14-25(21)31-23/h5-8,11-14,16,19-20,27H,2-4,9-10,15,17-18H2,1H3,(H,29,30). The zero-order valence-electron chi connectivity index (χ0n) is 18.2. The Labute approximate surface area is 184 Å². The topological polar surface area (TPSA) is 65.7 Å². The van der Waals surface area contributed by atoms with Gasteiger partial charge in [-0.2, -0.15) is 0 Å². The molecule has 2 N–H and O–H groups in total. The minimum absolute atomic E-state index is 0.179. The maximum absolute atomic E-state index is 12.1. The van der Waals surface area contributed by atoms with Gasteiger partial charge in [0.15, 0.2) is 0 Å². The zero-order valence-corrected chi connectivity index (χ0v) is 18.2. The van der Waals surface area contributed by atoms with Crippen LogP contribution in [0.1, 0.15) is 56.8 Å². The molecule has 164 valence electrons. The van der Waals surface area contributed by atoms with E-state index in [1.54, 1.807) is 0 Å². The highest BCUT2D eigenvalue weighted by molar-refractivity contribution is 5.87. The van der Waals surface area contributed by atoms with Crippen molar-refractivity contribution in [3.8, 4) is 0 Å². The van der Waals surface area contributed by atoms with Crippen LogP contribution in [0.5, 0.6) is 0 Å². The molecule has 1 aromatic heterocycles. The number of benzene rings is 2. The van der Waals surface area contributed by atoms with Gasteiger partial charge in [0, 0.05) is 18.0 Å². The van der Waals surface area contributed by atoms with E-state index >= 15 is 0 Å². The molecular weight excluding hydrogens is 388 g/mol. The van der Waals surface area contributed by atoms with E-state index in [-0.39, 0.29) is 6.54 Å². The Hall–Kier alpha value is -2.79. The summed E-state index contributed by atoms with van der Waals surface area (Å²) < 4.78 is 5.87.